The van der Waals surface area contributed by atoms with Crippen molar-refractivity contribution in [2.75, 3.05) is 31.6 Å². The van der Waals surface area contributed by atoms with E-state index in [1.54, 1.807) is 4.90 Å². The fourth-order valence-electron chi connectivity index (χ4n) is 1.89. The Labute approximate surface area is 107 Å². The Morgan fingerprint density at radius 2 is 2.22 bits per heavy atom. The van der Waals surface area contributed by atoms with E-state index in [9.17, 15) is 4.79 Å². The van der Waals surface area contributed by atoms with Gasteiger partial charge in [0.05, 0.1) is 12.7 Å². The van der Waals surface area contributed by atoms with Gasteiger partial charge in [0, 0.05) is 25.3 Å². The number of benzene rings is 1. The van der Waals surface area contributed by atoms with E-state index in [1.807, 2.05) is 31.2 Å². The van der Waals surface area contributed by atoms with Gasteiger partial charge < -0.3 is 20.7 Å². The Bertz CT molecular complexity index is 405. The van der Waals surface area contributed by atoms with Crippen LogP contribution in [-0.2, 0) is 4.74 Å². The molecular formula is C13H19N3O2. The summed E-state index contributed by atoms with van der Waals surface area (Å²) in [6, 6.07) is 7.64. The molecule has 0 spiro atoms. The van der Waals surface area contributed by atoms with Crippen LogP contribution in [0, 0.1) is 6.92 Å². The molecule has 3 N–H and O–H groups in total. The SMILES string of the molecule is Cc1ccc(NC(=O)N2CCOC(CN)C2)cc1. The minimum atomic E-state index is -0.0967. The van der Waals surface area contributed by atoms with E-state index in [0.29, 0.717) is 26.2 Å². The number of rotatable bonds is 2. The summed E-state index contributed by atoms with van der Waals surface area (Å²) >= 11 is 0. The van der Waals surface area contributed by atoms with Crippen molar-refractivity contribution < 1.29 is 9.53 Å². The molecule has 0 aromatic heterocycles. The minimum Gasteiger partial charge on any atom is -0.373 e. The molecule has 0 saturated carbocycles. The van der Waals surface area contributed by atoms with Gasteiger partial charge in [0.2, 0.25) is 0 Å². The number of nitrogens with one attached hydrogen (secondary N) is 1. The van der Waals surface area contributed by atoms with E-state index in [4.69, 9.17) is 10.5 Å². The topological polar surface area (TPSA) is 67.6 Å². The summed E-state index contributed by atoms with van der Waals surface area (Å²) in [6.45, 7) is 4.15. The molecule has 1 aliphatic heterocycles. The molecule has 1 aromatic rings. The number of nitrogens with two attached hydrogens (primary N) is 1. The Morgan fingerprint density at radius 3 is 2.89 bits per heavy atom. The largest absolute Gasteiger partial charge is 0.373 e. The number of aryl methyl sites for hydroxylation is 1. The predicted octanol–water partition coefficient (Wildman–Crippen LogP) is 1.19. The number of hydrogen-bond acceptors (Lipinski definition) is 3. The summed E-state index contributed by atoms with van der Waals surface area (Å²) in [4.78, 5) is 13.8. The second-order valence-corrected chi connectivity index (χ2v) is 4.47. The third-order valence-electron chi connectivity index (χ3n) is 2.99. The van der Waals surface area contributed by atoms with Crippen molar-refractivity contribution in [3.8, 4) is 0 Å². The van der Waals surface area contributed by atoms with Crippen molar-refractivity contribution in [1.29, 1.82) is 0 Å². The zero-order valence-electron chi connectivity index (χ0n) is 10.6. The fraction of sp³-hybridized carbons (Fsp3) is 0.462. The van der Waals surface area contributed by atoms with Crippen molar-refractivity contribution in [2.45, 2.75) is 13.0 Å². The first-order chi connectivity index (χ1) is 8.69. The van der Waals surface area contributed by atoms with Gasteiger partial charge in [-0.05, 0) is 19.1 Å². The Hall–Kier alpha value is -1.59. The van der Waals surface area contributed by atoms with Crippen LogP contribution in [0.4, 0.5) is 10.5 Å². The number of nitrogens with zero attached hydrogens (tertiary/aromatic N) is 1. The number of ether oxygens (including phenoxy) is 1. The van der Waals surface area contributed by atoms with Crippen LogP contribution in [0.5, 0.6) is 0 Å². The molecule has 5 heteroatoms. The molecule has 2 amide bonds. The number of hydrogen-bond donors (Lipinski definition) is 2. The summed E-state index contributed by atoms with van der Waals surface area (Å²) in [6.07, 6.45) is -0.0532. The average Bonchev–Trinajstić information content (AvgIpc) is 2.41. The normalized spacial score (nSPS) is 19.7. The second kappa shape index (κ2) is 5.84. The highest BCUT2D eigenvalue weighted by atomic mass is 16.5. The number of urea groups is 1. The Morgan fingerprint density at radius 1 is 1.50 bits per heavy atom. The van der Waals surface area contributed by atoms with Gasteiger partial charge in [-0.25, -0.2) is 4.79 Å². The molecule has 1 heterocycles. The van der Waals surface area contributed by atoms with Gasteiger partial charge in [-0.3, -0.25) is 0 Å². The number of anilines is 1. The Balaban J connectivity index is 1.93. The van der Waals surface area contributed by atoms with Crippen molar-refractivity contribution in [2.24, 2.45) is 5.73 Å². The van der Waals surface area contributed by atoms with Gasteiger partial charge >= 0.3 is 6.03 Å². The maximum absolute atomic E-state index is 12.0. The lowest BCUT2D eigenvalue weighted by Crippen LogP contribution is -2.49. The van der Waals surface area contributed by atoms with Crippen LogP contribution in [0.1, 0.15) is 5.56 Å². The highest BCUT2D eigenvalue weighted by molar-refractivity contribution is 5.89. The van der Waals surface area contributed by atoms with E-state index in [2.05, 4.69) is 5.32 Å². The van der Waals surface area contributed by atoms with E-state index >= 15 is 0 Å². The summed E-state index contributed by atoms with van der Waals surface area (Å²) < 4.78 is 5.43. The highest BCUT2D eigenvalue weighted by Gasteiger charge is 2.23. The van der Waals surface area contributed by atoms with Gasteiger partial charge in [0.25, 0.3) is 0 Å². The molecule has 1 aromatic carbocycles. The molecule has 18 heavy (non-hydrogen) atoms. The number of amides is 2. The van der Waals surface area contributed by atoms with Crippen LogP contribution in [0.15, 0.2) is 24.3 Å². The monoisotopic (exact) mass is 249 g/mol. The molecule has 1 fully saturated rings. The Kier molecular flexibility index (Phi) is 4.17. The number of morpholine rings is 1. The van der Waals surface area contributed by atoms with Crippen LogP contribution >= 0.6 is 0 Å². The van der Waals surface area contributed by atoms with E-state index in [0.717, 1.165) is 5.69 Å². The maximum atomic E-state index is 12.0. The minimum absolute atomic E-state index is 0.0532. The van der Waals surface area contributed by atoms with Crippen molar-refractivity contribution in [3.63, 3.8) is 0 Å². The molecule has 1 saturated heterocycles. The van der Waals surface area contributed by atoms with Crippen LogP contribution in [0.2, 0.25) is 0 Å². The first kappa shape index (κ1) is 12.9. The zero-order valence-corrected chi connectivity index (χ0v) is 10.6. The number of carbonyl (C=O) groups is 1. The van der Waals surface area contributed by atoms with Crippen LogP contribution < -0.4 is 11.1 Å². The molecule has 5 nitrogen and oxygen atoms in total. The molecular weight excluding hydrogens is 230 g/mol. The van der Waals surface area contributed by atoms with Gasteiger partial charge in [0.1, 0.15) is 0 Å². The second-order valence-electron chi connectivity index (χ2n) is 4.47. The third kappa shape index (κ3) is 3.21. The molecule has 0 radical (unpaired) electrons. The molecule has 1 aliphatic rings. The van der Waals surface area contributed by atoms with Crippen LogP contribution in [-0.4, -0.2) is 43.3 Å². The van der Waals surface area contributed by atoms with Crippen LogP contribution in [0.3, 0.4) is 0 Å². The van der Waals surface area contributed by atoms with E-state index < -0.39 is 0 Å². The summed E-state index contributed by atoms with van der Waals surface area (Å²) in [5.74, 6) is 0. The van der Waals surface area contributed by atoms with Gasteiger partial charge in [0.15, 0.2) is 0 Å². The lowest BCUT2D eigenvalue weighted by Gasteiger charge is -2.32. The predicted molar refractivity (Wildman–Crippen MR) is 70.6 cm³/mol. The maximum Gasteiger partial charge on any atom is 0.322 e. The summed E-state index contributed by atoms with van der Waals surface area (Å²) in [5, 5.41) is 2.87. The summed E-state index contributed by atoms with van der Waals surface area (Å²) in [5.41, 5.74) is 7.53. The molecule has 0 bridgehead atoms. The van der Waals surface area contributed by atoms with Gasteiger partial charge in [-0.1, -0.05) is 17.7 Å². The van der Waals surface area contributed by atoms with Crippen molar-refractivity contribution in [3.05, 3.63) is 29.8 Å². The molecule has 1 unspecified atom stereocenters. The van der Waals surface area contributed by atoms with Gasteiger partial charge in [-0.15, -0.1) is 0 Å². The molecule has 0 aliphatic carbocycles. The zero-order chi connectivity index (χ0) is 13.0. The third-order valence-corrected chi connectivity index (χ3v) is 2.99. The van der Waals surface area contributed by atoms with Crippen molar-refractivity contribution in [1.82, 2.24) is 4.90 Å². The lowest BCUT2D eigenvalue weighted by atomic mass is 10.2. The standard InChI is InChI=1S/C13H19N3O2/c1-10-2-4-11(5-3-10)15-13(17)16-6-7-18-12(8-14)9-16/h2-5,12H,6-9,14H2,1H3,(H,15,17). The molecule has 1 atom stereocenters. The van der Waals surface area contributed by atoms with E-state index in [1.165, 1.54) is 5.56 Å². The van der Waals surface area contributed by atoms with Gasteiger partial charge in [-0.2, -0.15) is 0 Å². The lowest BCUT2D eigenvalue weighted by molar-refractivity contribution is -0.00660. The fourth-order valence-corrected chi connectivity index (χ4v) is 1.89. The smallest absolute Gasteiger partial charge is 0.322 e. The molecule has 98 valence electrons. The summed E-state index contributed by atoms with van der Waals surface area (Å²) in [7, 11) is 0. The van der Waals surface area contributed by atoms with Crippen molar-refractivity contribution >= 4 is 11.7 Å². The first-order valence-corrected chi connectivity index (χ1v) is 6.13. The van der Waals surface area contributed by atoms with Crippen LogP contribution in [0.25, 0.3) is 0 Å². The molecule has 2 rings (SSSR count). The quantitative estimate of drug-likeness (QED) is 0.827. The average molecular weight is 249 g/mol. The van der Waals surface area contributed by atoms with E-state index in [-0.39, 0.29) is 12.1 Å². The number of carbonyl (C=O) groups excluding carboxylic acids is 1. The first-order valence-electron chi connectivity index (χ1n) is 6.13. The highest BCUT2D eigenvalue weighted by Crippen LogP contribution is 2.11.